The molecule has 2 atom stereocenters. The molecule has 0 unspecified atom stereocenters. The van der Waals surface area contributed by atoms with E-state index >= 15 is 0 Å². The summed E-state index contributed by atoms with van der Waals surface area (Å²) in [5.41, 5.74) is 1.70. The van der Waals surface area contributed by atoms with E-state index in [9.17, 15) is 13.6 Å². The highest BCUT2D eigenvalue weighted by Crippen LogP contribution is 2.41. The number of hydrogen-bond acceptors (Lipinski definition) is 3. The number of carbonyl (C=O) groups is 1. The lowest BCUT2D eigenvalue weighted by Gasteiger charge is -2.38. The van der Waals surface area contributed by atoms with Crippen LogP contribution in [-0.4, -0.2) is 16.9 Å². The molecule has 122 valence electrons. The van der Waals surface area contributed by atoms with Gasteiger partial charge in [0.25, 0.3) is 12.3 Å². The molecule has 1 aromatic heterocycles. The number of amides is 1. The van der Waals surface area contributed by atoms with Gasteiger partial charge in [0, 0.05) is 22.0 Å². The molecule has 3 nitrogen and oxygen atoms in total. The van der Waals surface area contributed by atoms with Gasteiger partial charge in [-0.15, -0.1) is 11.3 Å². The van der Waals surface area contributed by atoms with E-state index in [-0.39, 0.29) is 16.8 Å². The minimum atomic E-state index is -2.76. The molecule has 1 fully saturated rings. The van der Waals surface area contributed by atoms with E-state index in [1.165, 1.54) is 5.51 Å². The molecule has 1 aromatic carbocycles. The maximum Gasteiger partial charge on any atom is 0.281 e. The van der Waals surface area contributed by atoms with E-state index in [0.717, 1.165) is 29.7 Å². The van der Waals surface area contributed by atoms with E-state index in [2.05, 4.69) is 10.3 Å². The van der Waals surface area contributed by atoms with Gasteiger partial charge >= 0.3 is 0 Å². The van der Waals surface area contributed by atoms with Crippen LogP contribution >= 0.6 is 34.5 Å². The van der Waals surface area contributed by atoms with Crippen LogP contribution in [0.25, 0.3) is 0 Å². The summed E-state index contributed by atoms with van der Waals surface area (Å²) in [6.07, 6.45) is -1.11. The highest BCUT2D eigenvalue weighted by Gasteiger charge is 2.35. The van der Waals surface area contributed by atoms with Crippen molar-refractivity contribution in [1.29, 1.82) is 0 Å². The maximum absolute atomic E-state index is 12.8. The average Bonchev–Trinajstić information content (AvgIpc) is 2.96. The van der Waals surface area contributed by atoms with Crippen LogP contribution in [0.2, 0.25) is 10.0 Å². The van der Waals surface area contributed by atoms with Crippen LogP contribution in [0.4, 0.5) is 8.78 Å². The summed E-state index contributed by atoms with van der Waals surface area (Å²) in [4.78, 5) is 15.7. The highest BCUT2D eigenvalue weighted by molar-refractivity contribution is 7.11. The standard InChI is InChI=1S/C15H12Cl2F2N2OS/c16-7-1-2-8(10(17)5-7)9-3-4-11(9)21-15(22)13-12(14(18)19)20-6-23-13/h1-2,5-6,9,11,14H,3-4H2,(H,21,22)/t9-,11-/m0/s1. The zero-order valence-corrected chi connectivity index (χ0v) is 14.1. The number of rotatable bonds is 4. The van der Waals surface area contributed by atoms with Crippen LogP contribution in [0.3, 0.4) is 0 Å². The fourth-order valence-corrected chi connectivity index (χ4v) is 3.91. The molecule has 0 bridgehead atoms. The van der Waals surface area contributed by atoms with Crippen LogP contribution < -0.4 is 5.32 Å². The van der Waals surface area contributed by atoms with Crippen molar-refractivity contribution in [1.82, 2.24) is 10.3 Å². The molecule has 1 heterocycles. The Morgan fingerprint density at radius 2 is 2.13 bits per heavy atom. The monoisotopic (exact) mass is 376 g/mol. The summed E-state index contributed by atoms with van der Waals surface area (Å²) in [6, 6.07) is 5.12. The van der Waals surface area contributed by atoms with Crippen molar-refractivity contribution in [3.05, 3.63) is 49.9 Å². The fourth-order valence-electron chi connectivity index (χ4n) is 2.66. The summed E-state index contributed by atoms with van der Waals surface area (Å²) in [6.45, 7) is 0. The Morgan fingerprint density at radius 3 is 2.74 bits per heavy atom. The summed E-state index contributed by atoms with van der Waals surface area (Å²) in [7, 11) is 0. The zero-order valence-electron chi connectivity index (χ0n) is 11.7. The number of halogens is 4. The Morgan fingerprint density at radius 1 is 1.35 bits per heavy atom. The number of nitrogens with zero attached hydrogens (tertiary/aromatic N) is 1. The number of benzene rings is 1. The third-order valence-electron chi connectivity index (χ3n) is 3.96. The molecule has 3 rings (SSSR count). The van der Waals surface area contributed by atoms with Gasteiger partial charge in [0.2, 0.25) is 0 Å². The second-order valence-electron chi connectivity index (χ2n) is 5.30. The highest BCUT2D eigenvalue weighted by atomic mass is 35.5. The van der Waals surface area contributed by atoms with Gasteiger partial charge in [-0.1, -0.05) is 29.3 Å². The molecule has 1 saturated carbocycles. The van der Waals surface area contributed by atoms with E-state index in [4.69, 9.17) is 23.2 Å². The summed E-state index contributed by atoms with van der Waals surface area (Å²) in [5.74, 6) is -0.450. The largest absolute Gasteiger partial charge is 0.348 e. The van der Waals surface area contributed by atoms with E-state index in [0.29, 0.717) is 10.0 Å². The van der Waals surface area contributed by atoms with Crippen LogP contribution in [0.1, 0.15) is 46.1 Å². The molecular formula is C15H12Cl2F2N2OS. The predicted molar refractivity (Wildman–Crippen MR) is 86.8 cm³/mol. The predicted octanol–water partition coefficient (Wildman–Crippen LogP) is 5.06. The number of aromatic nitrogens is 1. The van der Waals surface area contributed by atoms with Crippen molar-refractivity contribution in [2.75, 3.05) is 0 Å². The van der Waals surface area contributed by atoms with Gasteiger partial charge in [-0.05, 0) is 30.5 Å². The van der Waals surface area contributed by atoms with Crippen LogP contribution in [0, 0.1) is 0 Å². The minimum Gasteiger partial charge on any atom is -0.348 e. The lowest BCUT2D eigenvalue weighted by molar-refractivity contribution is 0.0895. The first-order valence-electron chi connectivity index (χ1n) is 6.94. The maximum atomic E-state index is 12.8. The number of carbonyl (C=O) groups excluding carboxylic acids is 1. The van der Waals surface area contributed by atoms with Gasteiger partial charge in [-0.2, -0.15) is 0 Å². The van der Waals surface area contributed by atoms with Gasteiger partial charge in [0.05, 0.1) is 5.51 Å². The number of alkyl halides is 2. The van der Waals surface area contributed by atoms with Gasteiger partial charge < -0.3 is 5.32 Å². The topological polar surface area (TPSA) is 42.0 Å². The molecular weight excluding hydrogens is 365 g/mol. The Balaban J connectivity index is 1.73. The Labute approximate surface area is 145 Å². The van der Waals surface area contributed by atoms with E-state index < -0.39 is 18.0 Å². The first-order valence-corrected chi connectivity index (χ1v) is 8.58. The molecule has 0 aliphatic heterocycles. The minimum absolute atomic E-state index is 0.0344. The first kappa shape index (κ1) is 16.6. The SMILES string of the molecule is O=C(N[C@H]1CC[C@H]1c1ccc(Cl)cc1Cl)c1scnc1C(F)F. The van der Waals surface area contributed by atoms with Crippen molar-refractivity contribution in [2.45, 2.75) is 31.2 Å². The van der Waals surface area contributed by atoms with Crippen molar-refractivity contribution in [2.24, 2.45) is 0 Å². The Kier molecular flexibility index (Phi) is 4.85. The smallest absolute Gasteiger partial charge is 0.281 e. The van der Waals surface area contributed by atoms with Crippen molar-refractivity contribution in [3.8, 4) is 0 Å². The van der Waals surface area contributed by atoms with Crippen LogP contribution in [0.15, 0.2) is 23.7 Å². The fraction of sp³-hybridized carbons (Fsp3) is 0.333. The molecule has 0 radical (unpaired) electrons. The average molecular weight is 377 g/mol. The van der Waals surface area contributed by atoms with Crippen molar-refractivity contribution >= 4 is 40.4 Å². The van der Waals surface area contributed by atoms with Gasteiger partial charge in [0.15, 0.2) is 0 Å². The van der Waals surface area contributed by atoms with Gasteiger partial charge in [0.1, 0.15) is 10.6 Å². The normalized spacial score (nSPS) is 20.4. The molecule has 8 heteroatoms. The van der Waals surface area contributed by atoms with E-state index in [1.54, 1.807) is 12.1 Å². The zero-order chi connectivity index (χ0) is 16.6. The molecule has 1 N–H and O–H groups in total. The summed E-state index contributed by atoms with van der Waals surface area (Å²) < 4.78 is 25.6. The molecule has 23 heavy (non-hydrogen) atoms. The third kappa shape index (κ3) is 3.34. The van der Waals surface area contributed by atoms with Crippen LogP contribution in [0.5, 0.6) is 0 Å². The molecule has 0 spiro atoms. The lowest BCUT2D eigenvalue weighted by atomic mass is 9.75. The molecule has 2 aromatic rings. The lowest BCUT2D eigenvalue weighted by Crippen LogP contribution is -2.45. The third-order valence-corrected chi connectivity index (χ3v) is 5.36. The van der Waals surface area contributed by atoms with Crippen molar-refractivity contribution in [3.63, 3.8) is 0 Å². The second kappa shape index (κ2) is 6.71. The molecule has 1 amide bonds. The summed E-state index contributed by atoms with van der Waals surface area (Å²) >= 11 is 13.0. The molecule has 1 aliphatic rings. The van der Waals surface area contributed by atoms with Gasteiger partial charge in [-0.25, -0.2) is 13.8 Å². The Hall–Kier alpha value is -1.24. The number of thiazole rings is 1. The molecule has 1 aliphatic carbocycles. The van der Waals surface area contributed by atoms with Crippen LogP contribution in [-0.2, 0) is 0 Å². The number of hydrogen-bond donors (Lipinski definition) is 1. The first-order chi connectivity index (χ1) is 11.0. The molecule has 0 saturated heterocycles. The van der Waals surface area contributed by atoms with E-state index in [1.807, 2.05) is 6.07 Å². The van der Waals surface area contributed by atoms with Gasteiger partial charge in [-0.3, -0.25) is 4.79 Å². The summed E-state index contributed by atoms with van der Waals surface area (Å²) in [5, 5.41) is 3.91. The Bertz CT molecular complexity index is 738. The quantitative estimate of drug-likeness (QED) is 0.809. The second-order valence-corrected chi connectivity index (χ2v) is 7.00. The van der Waals surface area contributed by atoms with Crippen molar-refractivity contribution < 1.29 is 13.6 Å². The number of nitrogens with one attached hydrogen (secondary N) is 1.